The minimum Gasteiger partial charge on any atom is -0.464 e. The van der Waals surface area contributed by atoms with Gasteiger partial charge >= 0.3 is 5.97 Å². The average Bonchev–Trinajstić information content (AvgIpc) is 3.50. The van der Waals surface area contributed by atoms with Crippen LogP contribution in [0.15, 0.2) is 36.4 Å². The first-order chi connectivity index (χ1) is 19.9. The number of unbranched alkanes of at least 4 members (excludes halogenated alkanes) is 1. The Labute approximate surface area is 253 Å². The van der Waals surface area contributed by atoms with Gasteiger partial charge in [-0.1, -0.05) is 42.3 Å². The molecule has 4 rings (SSSR count). The number of nitriles is 1. The number of carbonyl (C=O) groups is 1. The molecule has 0 aromatic carbocycles. The normalized spacial score (nSPS) is 27.2. The summed E-state index contributed by atoms with van der Waals surface area (Å²) >= 11 is 7.71. The number of rotatable bonds is 15. The molecule has 41 heavy (non-hydrogen) atoms. The molecule has 2 N–H and O–H groups in total. The third-order valence-corrected chi connectivity index (χ3v) is 10.4. The lowest BCUT2D eigenvalue weighted by atomic mass is 9.62. The minimum atomic E-state index is -0.551. The van der Waals surface area contributed by atoms with Gasteiger partial charge in [0.2, 0.25) is 0 Å². The van der Waals surface area contributed by atoms with Gasteiger partial charge in [-0.3, -0.25) is 9.69 Å². The zero-order chi connectivity index (χ0) is 29.1. The van der Waals surface area contributed by atoms with Gasteiger partial charge in [0.05, 0.1) is 41.7 Å². The van der Waals surface area contributed by atoms with E-state index in [-0.39, 0.29) is 29.1 Å². The van der Waals surface area contributed by atoms with Crippen LogP contribution in [0.5, 0.6) is 0 Å². The number of aliphatic hydroxyl groups is 2. The van der Waals surface area contributed by atoms with Crippen molar-refractivity contribution in [2.24, 2.45) is 23.2 Å². The lowest BCUT2D eigenvalue weighted by Crippen LogP contribution is -2.42. The molecule has 0 radical (unpaired) electrons. The molecule has 0 bridgehead atoms. The fourth-order valence-electron chi connectivity index (χ4n) is 6.47. The van der Waals surface area contributed by atoms with Crippen LogP contribution < -0.4 is 0 Å². The lowest BCUT2D eigenvalue weighted by molar-refractivity contribution is -0.144. The Morgan fingerprint density at radius 1 is 1.29 bits per heavy atom. The number of thiophene rings is 1. The second-order valence-corrected chi connectivity index (χ2v) is 13.6. The number of carbonyl (C=O) groups excluding carboxylic acids is 1. The van der Waals surface area contributed by atoms with Crippen molar-refractivity contribution in [3.63, 3.8) is 0 Å². The van der Waals surface area contributed by atoms with Crippen molar-refractivity contribution in [3.05, 3.63) is 45.7 Å². The third kappa shape index (κ3) is 9.38. The molecule has 9 heteroatoms. The second-order valence-electron chi connectivity index (χ2n) is 11.8. The maximum atomic E-state index is 12.0. The van der Waals surface area contributed by atoms with E-state index in [9.17, 15) is 20.3 Å². The van der Waals surface area contributed by atoms with E-state index in [1.54, 1.807) is 11.3 Å². The Bertz CT molecular complexity index is 1060. The summed E-state index contributed by atoms with van der Waals surface area (Å²) < 4.78 is 11.5. The molecule has 226 valence electrons. The van der Waals surface area contributed by atoms with Crippen LogP contribution in [0.4, 0.5) is 0 Å². The first kappa shape index (κ1) is 32.2. The lowest BCUT2D eigenvalue weighted by Gasteiger charge is -2.45. The Hall–Kier alpha value is -1.73. The largest absolute Gasteiger partial charge is 0.464 e. The van der Waals surface area contributed by atoms with E-state index in [1.165, 1.54) is 4.88 Å². The minimum absolute atomic E-state index is 0.0377. The van der Waals surface area contributed by atoms with Crippen LogP contribution in [0.3, 0.4) is 0 Å². The number of allylic oxidation sites excluding steroid dienone is 2. The summed E-state index contributed by atoms with van der Waals surface area (Å²) in [5.41, 5.74) is -0.0979. The van der Waals surface area contributed by atoms with Crippen LogP contribution in [0, 0.1) is 34.5 Å². The topological polar surface area (TPSA) is 103 Å². The summed E-state index contributed by atoms with van der Waals surface area (Å²) in [6.07, 6.45) is 14.8. The summed E-state index contributed by atoms with van der Waals surface area (Å²) in [7, 11) is 0. The summed E-state index contributed by atoms with van der Waals surface area (Å²) in [4.78, 5) is 15.5. The SMILES string of the molecule is N#CC1CC(O)C(/C=C/CC(O)C2(Cc3ccc(Cl)s3)CCC2)[C@H]1C/C=C\CCCC(=O)OCCN1CCOCC1. The smallest absolute Gasteiger partial charge is 0.305 e. The first-order valence-corrected chi connectivity index (χ1v) is 16.4. The summed E-state index contributed by atoms with van der Waals surface area (Å²) in [5, 5.41) is 31.6. The molecule has 1 aromatic heterocycles. The van der Waals surface area contributed by atoms with Crippen LogP contribution in [-0.2, 0) is 20.7 Å². The zero-order valence-corrected chi connectivity index (χ0v) is 25.5. The molecule has 1 saturated heterocycles. The fraction of sp³-hybridized carbons (Fsp3) is 0.688. The van der Waals surface area contributed by atoms with Gasteiger partial charge in [0.25, 0.3) is 0 Å². The van der Waals surface area contributed by atoms with Crippen molar-refractivity contribution < 1.29 is 24.5 Å². The van der Waals surface area contributed by atoms with Gasteiger partial charge in [-0.25, -0.2) is 0 Å². The summed E-state index contributed by atoms with van der Waals surface area (Å²) in [5.74, 6) is -0.426. The Morgan fingerprint density at radius 2 is 2.10 bits per heavy atom. The number of hydrogen-bond acceptors (Lipinski definition) is 8. The van der Waals surface area contributed by atoms with Gasteiger partial charge in [-0.2, -0.15) is 5.26 Å². The van der Waals surface area contributed by atoms with Gasteiger partial charge in [-0.05, 0) is 69.4 Å². The zero-order valence-electron chi connectivity index (χ0n) is 24.0. The molecule has 1 aliphatic heterocycles. The molecule has 0 spiro atoms. The van der Waals surface area contributed by atoms with Crippen molar-refractivity contribution in [3.8, 4) is 6.07 Å². The van der Waals surface area contributed by atoms with Gasteiger partial charge in [-0.15, -0.1) is 11.3 Å². The van der Waals surface area contributed by atoms with E-state index in [1.807, 2.05) is 18.2 Å². The molecule has 5 atom stereocenters. The highest BCUT2D eigenvalue weighted by molar-refractivity contribution is 7.16. The van der Waals surface area contributed by atoms with E-state index < -0.39 is 12.2 Å². The monoisotopic (exact) mass is 604 g/mol. The Morgan fingerprint density at radius 3 is 2.78 bits per heavy atom. The molecule has 1 aromatic rings. The molecule has 3 aliphatic rings. The number of aliphatic hydroxyl groups excluding tert-OH is 2. The number of nitrogens with zero attached hydrogens (tertiary/aromatic N) is 2. The number of esters is 1. The molecule has 2 saturated carbocycles. The summed E-state index contributed by atoms with van der Waals surface area (Å²) in [6.45, 7) is 4.43. The number of morpholine rings is 1. The molecular formula is C32H45ClN2O5S. The summed E-state index contributed by atoms with van der Waals surface area (Å²) in [6, 6.07) is 6.38. The molecule has 7 nitrogen and oxygen atoms in total. The standard InChI is InChI=1S/C32H45ClN2O5S/c33-30-12-11-25(41-30)22-32(13-6-14-32)29(37)9-5-8-27-26(24(23-34)21-28(27)36)7-3-1-2-4-10-31(38)40-20-17-35-15-18-39-19-16-35/h1,3,5,8,11-12,24,26-29,36-37H,2,4,6-7,9-10,13-22H2/b3-1-,8-5+/t24?,26-,27?,28?,29?/m0/s1. The molecule has 2 aliphatic carbocycles. The highest BCUT2D eigenvalue weighted by Crippen LogP contribution is 2.49. The van der Waals surface area contributed by atoms with Crippen molar-refractivity contribution in [1.82, 2.24) is 4.90 Å². The van der Waals surface area contributed by atoms with Crippen LogP contribution in [0.1, 0.15) is 62.7 Å². The first-order valence-electron chi connectivity index (χ1n) is 15.2. The van der Waals surface area contributed by atoms with E-state index >= 15 is 0 Å². The number of halogens is 1. The van der Waals surface area contributed by atoms with Crippen molar-refractivity contribution in [2.75, 3.05) is 39.5 Å². The number of hydrogen-bond donors (Lipinski definition) is 2. The van der Waals surface area contributed by atoms with Gasteiger partial charge < -0.3 is 19.7 Å². The molecule has 0 amide bonds. The van der Waals surface area contributed by atoms with E-state index in [0.717, 1.165) is 75.7 Å². The van der Waals surface area contributed by atoms with E-state index in [0.29, 0.717) is 32.3 Å². The second kappa shape index (κ2) is 16.2. The third-order valence-electron chi connectivity index (χ3n) is 9.15. The van der Waals surface area contributed by atoms with Crippen molar-refractivity contribution in [1.29, 1.82) is 5.26 Å². The Balaban J connectivity index is 1.18. The maximum absolute atomic E-state index is 12.0. The highest BCUT2D eigenvalue weighted by Gasteiger charge is 2.44. The van der Waals surface area contributed by atoms with Gasteiger partial charge in [0.15, 0.2) is 0 Å². The number of ether oxygens (including phenoxy) is 2. The highest BCUT2D eigenvalue weighted by atomic mass is 35.5. The Kier molecular flexibility index (Phi) is 12.7. The van der Waals surface area contributed by atoms with Gasteiger partial charge in [0, 0.05) is 42.3 Å². The van der Waals surface area contributed by atoms with Crippen LogP contribution >= 0.6 is 22.9 Å². The van der Waals surface area contributed by atoms with E-state index in [4.69, 9.17) is 21.1 Å². The van der Waals surface area contributed by atoms with Crippen molar-refractivity contribution in [2.45, 2.75) is 76.4 Å². The van der Waals surface area contributed by atoms with Gasteiger partial charge in [0.1, 0.15) is 6.61 Å². The maximum Gasteiger partial charge on any atom is 0.305 e. The van der Waals surface area contributed by atoms with Crippen LogP contribution in [0.25, 0.3) is 0 Å². The predicted molar refractivity (Wildman–Crippen MR) is 162 cm³/mol. The molecule has 3 fully saturated rings. The average molecular weight is 605 g/mol. The molecular weight excluding hydrogens is 560 g/mol. The predicted octanol–water partition coefficient (Wildman–Crippen LogP) is 5.55. The van der Waals surface area contributed by atoms with Crippen molar-refractivity contribution >= 4 is 28.9 Å². The molecule has 4 unspecified atom stereocenters. The fourth-order valence-corrected chi connectivity index (χ4v) is 7.72. The van der Waals surface area contributed by atoms with Crippen LogP contribution in [-0.4, -0.2) is 72.7 Å². The molecule has 2 heterocycles. The van der Waals surface area contributed by atoms with E-state index in [2.05, 4.69) is 29.2 Å². The van der Waals surface area contributed by atoms with Crippen LogP contribution in [0.2, 0.25) is 4.34 Å². The quantitative estimate of drug-likeness (QED) is 0.154.